The van der Waals surface area contributed by atoms with Gasteiger partial charge in [0.05, 0.1) is 0 Å². The lowest BCUT2D eigenvalue weighted by atomic mass is 10.2. The molecule has 0 heterocycles. The van der Waals surface area contributed by atoms with Crippen LogP contribution in [0.4, 0.5) is 13.2 Å². The topological polar surface area (TPSA) is 43.1 Å². The highest BCUT2D eigenvalue weighted by Gasteiger charge is 2.36. The average molecular weight is 279 g/mol. The molecule has 0 saturated carbocycles. The Morgan fingerprint density at radius 1 is 1.55 bits per heavy atom. The second-order valence-corrected chi connectivity index (χ2v) is 2.51. The summed E-state index contributed by atoms with van der Waals surface area (Å²) in [5.74, 6) is -1.44. The van der Waals surface area contributed by atoms with Crippen molar-refractivity contribution in [1.82, 2.24) is 0 Å². The summed E-state index contributed by atoms with van der Waals surface area (Å²) in [6.07, 6.45) is -3.88. The van der Waals surface area contributed by atoms with Crippen molar-refractivity contribution in [2.75, 3.05) is 4.43 Å². The predicted octanol–water partition coefficient (Wildman–Crippen LogP) is 1.40. The Morgan fingerprint density at radius 2 is 2.00 bits per heavy atom. The van der Waals surface area contributed by atoms with E-state index in [0.29, 0.717) is 0 Å². The van der Waals surface area contributed by atoms with E-state index in [1.54, 1.807) is 22.6 Å². The lowest BCUT2D eigenvalue weighted by molar-refractivity contribution is -0.128. The van der Waals surface area contributed by atoms with Crippen LogP contribution in [0.5, 0.6) is 0 Å². The van der Waals surface area contributed by atoms with Crippen LogP contribution in [-0.2, 0) is 4.79 Å². The molecule has 2 N–H and O–H groups in total. The molecule has 6 heteroatoms. The summed E-state index contributed by atoms with van der Waals surface area (Å²) in [5, 5.41) is 0. The fourth-order valence-electron chi connectivity index (χ4n) is 0.433. The minimum atomic E-state index is -4.63. The van der Waals surface area contributed by atoms with E-state index >= 15 is 0 Å². The van der Waals surface area contributed by atoms with Crippen LogP contribution in [0.2, 0.25) is 0 Å². The van der Waals surface area contributed by atoms with Gasteiger partial charge in [0.1, 0.15) is 5.57 Å². The number of alkyl halides is 4. The SMILES string of the molecule is NC(=O)/C(=C/CI)C(F)(F)F. The quantitative estimate of drug-likeness (QED) is 0.463. The van der Waals surface area contributed by atoms with E-state index in [0.717, 1.165) is 6.08 Å². The fraction of sp³-hybridized carbons (Fsp3) is 0.400. The Morgan fingerprint density at radius 3 is 2.09 bits per heavy atom. The fourth-order valence-corrected chi connectivity index (χ4v) is 0.874. The third-order valence-electron chi connectivity index (χ3n) is 0.852. The second kappa shape index (κ2) is 3.93. The molecule has 0 rings (SSSR count). The number of nitrogens with two attached hydrogens (primary N) is 1. The largest absolute Gasteiger partial charge is 0.421 e. The number of primary amides is 1. The molecule has 0 aromatic rings. The van der Waals surface area contributed by atoms with Crippen LogP contribution < -0.4 is 5.73 Å². The zero-order valence-corrected chi connectivity index (χ0v) is 7.44. The van der Waals surface area contributed by atoms with E-state index < -0.39 is 17.7 Å². The van der Waals surface area contributed by atoms with Crippen molar-refractivity contribution in [3.63, 3.8) is 0 Å². The molecule has 0 aliphatic heterocycles. The van der Waals surface area contributed by atoms with Crippen LogP contribution in [0, 0.1) is 0 Å². The minimum absolute atomic E-state index is 0.107. The average Bonchev–Trinajstić information content (AvgIpc) is 1.79. The maximum absolute atomic E-state index is 11.8. The molecule has 0 bridgehead atoms. The van der Waals surface area contributed by atoms with Crippen molar-refractivity contribution in [2.24, 2.45) is 5.73 Å². The molecular formula is C5H5F3INO. The number of carbonyl (C=O) groups excluding carboxylic acids is 1. The van der Waals surface area contributed by atoms with Gasteiger partial charge in [-0.15, -0.1) is 0 Å². The van der Waals surface area contributed by atoms with Crippen LogP contribution in [0.3, 0.4) is 0 Å². The molecule has 0 atom stereocenters. The lowest BCUT2D eigenvalue weighted by Gasteiger charge is -2.06. The van der Waals surface area contributed by atoms with E-state index in [2.05, 4.69) is 5.73 Å². The zero-order chi connectivity index (χ0) is 9.07. The summed E-state index contributed by atoms with van der Waals surface area (Å²) < 4.78 is 35.5. The van der Waals surface area contributed by atoms with Gasteiger partial charge in [-0.25, -0.2) is 0 Å². The highest BCUT2D eigenvalue weighted by molar-refractivity contribution is 14.1. The number of carbonyl (C=O) groups is 1. The molecule has 2 nitrogen and oxygen atoms in total. The van der Waals surface area contributed by atoms with Crippen molar-refractivity contribution in [3.05, 3.63) is 11.6 Å². The first-order valence-corrected chi connectivity index (χ1v) is 4.05. The summed E-state index contributed by atoms with van der Waals surface area (Å²) in [6, 6.07) is 0. The molecule has 0 saturated heterocycles. The summed E-state index contributed by atoms with van der Waals surface area (Å²) in [6.45, 7) is 0. The van der Waals surface area contributed by atoms with Crippen LogP contribution in [0.1, 0.15) is 0 Å². The van der Waals surface area contributed by atoms with Gasteiger partial charge in [-0.1, -0.05) is 28.7 Å². The van der Waals surface area contributed by atoms with Crippen molar-refractivity contribution in [1.29, 1.82) is 0 Å². The minimum Gasteiger partial charge on any atom is -0.366 e. The zero-order valence-electron chi connectivity index (χ0n) is 5.28. The normalized spacial score (nSPS) is 13.3. The van der Waals surface area contributed by atoms with E-state index in [1.807, 2.05) is 0 Å². The molecule has 0 aliphatic rings. The Balaban J connectivity index is 4.63. The van der Waals surface area contributed by atoms with Crippen molar-refractivity contribution in [2.45, 2.75) is 6.18 Å². The van der Waals surface area contributed by atoms with Gasteiger partial charge in [0.2, 0.25) is 0 Å². The summed E-state index contributed by atoms with van der Waals surface area (Å²) in [4.78, 5) is 10.2. The van der Waals surface area contributed by atoms with Crippen molar-refractivity contribution in [3.8, 4) is 0 Å². The first-order chi connectivity index (χ1) is 4.89. The molecule has 0 radical (unpaired) electrons. The monoisotopic (exact) mass is 279 g/mol. The lowest BCUT2D eigenvalue weighted by Crippen LogP contribution is -2.26. The van der Waals surface area contributed by atoms with Crippen molar-refractivity contribution < 1.29 is 18.0 Å². The molecular weight excluding hydrogens is 274 g/mol. The van der Waals surface area contributed by atoms with Gasteiger partial charge in [0.15, 0.2) is 0 Å². The van der Waals surface area contributed by atoms with Crippen LogP contribution in [-0.4, -0.2) is 16.5 Å². The van der Waals surface area contributed by atoms with Gasteiger partial charge < -0.3 is 5.73 Å². The van der Waals surface area contributed by atoms with Gasteiger partial charge in [-0.2, -0.15) is 13.2 Å². The molecule has 0 aromatic carbocycles. The summed E-state index contributed by atoms with van der Waals surface area (Å²) >= 11 is 1.69. The number of hydrogen-bond acceptors (Lipinski definition) is 1. The first kappa shape index (κ1) is 10.7. The first-order valence-electron chi connectivity index (χ1n) is 2.52. The van der Waals surface area contributed by atoms with Crippen LogP contribution in [0.15, 0.2) is 11.6 Å². The standard InChI is InChI=1S/C5H5F3INO/c6-5(7,8)3(1-2-9)4(10)11/h1H,2H2,(H2,10,11)/b3-1-. The maximum Gasteiger partial charge on any atom is 0.421 e. The predicted molar refractivity (Wildman–Crippen MR) is 42.2 cm³/mol. The summed E-state index contributed by atoms with van der Waals surface area (Å²) in [7, 11) is 0. The van der Waals surface area contributed by atoms with E-state index in [4.69, 9.17) is 0 Å². The highest BCUT2D eigenvalue weighted by atomic mass is 127. The van der Waals surface area contributed by atoms with Gasteiger partial charge in [-0.3, -0.25) is 4.79 Å². The van der Waals surface area contributed by atoms with Gasteiger partial charge in [0.25, 0.3) is 5.91 Å². The van der Waals surface area contributed by atoms with Gasteiger partial charge in [-0.05, 0) is 0 Å². The van der Waals surface area contributed by atoms with E-state index in [-0.39, 0.29) is 4.43 Å². The molecule has 64 valence electrons. The Labute approximate surface area is 74.8 Å². The molecule has 11 heavy (non-hydrogen) atoms. The molecule has 0 aliphatic carbocycles. The van der Waals surface area contributed by atoms with Crippen LogP contribution >= 0.6 is 22.6 Å². The van der Waals surface area contributed by atoms with Crippen LogP contribution in [0.25, 0.3) is 0 Å². The molecule has 0 unspecified atom stereocenters. The van der Waals surface area contributed by atoms with E-state index in [9.17, 15) is 18.0 Å². The smallest absolute Gasteiger partial charge is 0.366 e. The third kappa shape index (κ3) is 3.59. The van der Waals surface area contributed by atoms with Gasteiger partial charge >= 0.3 is 6.18 Å². The highest BCUT2D eigenvalue weighted by Crippen LogP contribution is 2.25. The second-order valence-electron chi connectivity index (χ2n) is 1.63. The van der Waals surface area contributed by atoms with E-state index in [1.165, 1.54) is 0 Å². The Bertz CT molecular complexity index is 187. The molecule has 0 spiro atoms. The molecule has 1 amide bonds. The number of halogens is 4. The third-order valence-corrected chi connectivity index (χ3v) is 1.29. The molecule has 0 fully saturated rings. The Kier molecular flexibility index (Phi) is 3.84. The summed E-state index contributed by atoms with van der Waals surface area (Å²) in [5.41, 5.74) is 3.19. The number of allylic oxidation sites excluding steroid dienone is 1. The number of amides is 1. The Hall–Kier alpha value is -0.270. The maximum atomic E-state index is 11.8. The number of hydrogen-bond donors (Lipinski definition) is 1. The number of rotatable bonds is 2. The molecule has 0 aromatic heterocycles. The van der Waals surface area contributed by atoms with Crippen molar-refractivity contribution >= 4 is 28.5 Å². The van der Waals surface area contributed by atoms with Gasteiger partial charge in [0, 0.05) is 4.43 Å².